The number of nitrogens with one attached hydrogen (secondary N) is 1. The predicted molar refractivity (Wildman–Crippen MR) is 175 cm³/mol. The van der Waals surface area contributed by atoms with E-state index < -0.39 is 17.5 Å². The Hall–Kier alpha value is -3.81. The molecule has 8 nitrogen and oxygen atoms in total. The Balaban J connectivity index is 0.000000768. The van der Waals surface area contributed by atoms with Crippen LogP contribution in [0.5, 0.6) is 5.75 Å². The van der Waals surface area contributed by atoms with E-state index in [1.165, 1.54) is 62.4 Å². The first-order chi connectivity index (χ1) is 20.7. The minimum atomic E-state index is -0.818. The molecule has 0 fully saturated rings. The number of ether oxygens (including phenoxy) is 1. The molecule has 2 heterocycles. The molecule has 240 valence electrons. The molecule has 0 radical (unpaired) electrons. The Labute approximate surface area is 257 Å². The molecule has 0 aliphatic heterocycles. The molecule has 8 heteroatoms. The number of aryl methyl sites for hydroxylation is 2. The summed E-state index contributed by atoms with van der Waals surface area (Å²) in [6.45, 7) is 15.7. The highest BCUT2D eigenvalue weighted by Gasteiger charge is 2.19. The molecule has 0 spiro atoms. The van der Waals surface area contributed by atoms with E-state index in [1.807, 2.05) is 41.5 Å². The lowest BCUT2D eigenvalue weighted by molar-refractivity contribution is 0.0980. The standard InChI is InChI=1S/C16H21NO6.C15H20O.2C2H6/c1-4-11(18)14-12(19)9-13(23-15(14)20)10(2)7-5-6-8-17-16(21)22-3;1-3-4-5-6-7-13-8-9-15-14(11-13)10-12(2)16-15;2*1-2/h6,8-10,19H,4-5,7H2,1-3H3,(H,17,21);8-11H,3-7H2,1-2H3;2*1-2H3/b8-6+;;;. The van der Waals surface area contributed by atoms with Gasteiger partial charge in [-0.05, 0) is 56.4 Å². The monoisotopic (exact) mass is 599 g/mol. The van der Waals surface area contributed by atoms with Crippen LogP contribution in [0.4, 0.5) is 4.79 Å². The number of rotatable bonds is 12. The van der Waals surface area contributed by atoms with Crippen molar-refractivity contribution >= 4 is 22.8 Å². The van der Waals surface area contributed by atoms with Gasteiger partial charge in [-0.2, -0.15) is 0 Å². The molecule has 2 N–H and O–H groups in total. The number of methoxy groups -OCH3 is 1. The third-order valence-corrected chi connectivity index (χ3v) is 6.33. The van der Waals surface area contributed by atoms with Crippen molar-refractivity contribution < 1.29 is 28.3 Å². The van der Waals surface area contributed by atoms with Crippen LogP contribution in [0, 0.1) is 6.92 Å². The summed E-state index contributed by atoms with van der Waals surface area (Å²) >= 11 is 0. The van der Waals surface area contributed by atoms with Crippen molar-refractivity contribution in [1.29, 1.82) is 0 Å². The van der Waals surface area contributed by atoms with Crippen molar-refractivity contribution in [3.8, 4) is 5.75 Å². The third-order valence-electron chi connectivity index (χ3n) is 6.33. The maximum absolute atomic E-state index is 11.8. The number of aromatic hydroxyl groups is 1. The van der Waals surface area contributed by atoms with Crippen LogP contribution in [0.1, 0.15) is 127 Å². The molecule has 0 aliphatic carbocycles. The second kappa shape index (κ2) is 22.7. The summed E-state index contributed by atoms with van der Waals surface area (Å²) in [5.74, 6) is 0.375. The fourth-order valence-corrected chi connectivity index (χ4v) is 4.07. The maximum atomic E-state index is 11.8. The van der Waals surface area contributed by atoms with E-state index in [-0.39, 0.29) is 23.7 Å². The van der Waals surface area contributed by atoms with Crippen molar-refractivity contribution in [1.82, 2.24) is 5.32 Å². The number of hydrogen-bond donors (Lipinski definition) is 2. The van der Waals surface area contributed by atoms with E-state index in [9.17, 15) is 19.5 Å². The van der Waals surface area contributed by atoms with Crippen LogP contribution >= 0.6 is 0 Å². The quantitative estimate of drug-likeness (QED) is 0.157. The highest BCUT2D eigenvalue weighted by Crippen LogP contribution is 2.25. The van der Waals surface area contributed by atoms with Gasteiger partial charge in [-0.25, -0.2) is 9.59 Å². The minimum absolute atomic E-state index is 0.116. The molecule has 3 aromatic rings. The molecule has 3 rings (SSSR count). The van der Waals surface area contributed by atoms with Crippen molar-refractivity contribution in [3.63, 3.8) is 0 Å². The zero-order valence-electron chi connectivity index (χ0n) is 27.7. The Kier molecular flexibility index (Phi) is 20.7. The van der Waals surface area contributed by atoms with Gasteiger partial charge in [0.15, 0.2) is 5.78 Å². The van der Waals surface area contributed by atoms with E-state index >= 15 is 0 Å². The highest BCUT2D eigenvalue weighted by molar-refractivity contribution is 5.97. The zero-order chi connectivity index (χ0) is 32.8. The fraction of sp³-hybridized carbons (Fsp3) is 0.514. The Morgan fingerprint density at radius 1 is 1.02 bits per heavy atom. The second-order valence-electron chi connectivity index (χ2n) is 9.53. The lowest BCUT2D eigenvalue weighted by atomic mass is 10.0. The van der Waals surface area contributed by atoms with Crippen LogP contribution in [0.25, 0.3) is 11.0 Å². The lowest BCUT2D eigenvalue weighted by Gasteiger charge is -2.10. The smallest absolute Gasteiger partial charge is 0.410 e. The number of amides is 1. The summed E-state index contributed by atoms with van der Waals surface area (Å²) in [4.78, 5) is 34.2. The van der Waals surface area contributed by atoms with Gasteiger partial charge in [0.2, 0.25) is 0 Å². The predicted octanol–water partition coefficient (Wildman–Crippen LogP) is 9.61. The Bertz CT molecular complexity index is 1300. The number of carbonyl (C=O) groups is 2. The first-order valence-corrected chi connectivity index (χ1v) is 15.6. The molecular weight excluding hydrogens is 546 g/mol. The second-order valence-corrected chi connectivity index (χ2v) is 9.53. The zero-order valence-corrected chi connectivity index (χ0v) is 27.7. The van der Waals surface area contributed by atoms with Gasteiger partial charge in [0, 0.05) is 30.0 Å². The summed E-state index contributed by atoms with van der Waals surface area (Å²) in [5.41, 5.74) is 1.33. The van der Waals surface area contributed by atoms with Crippen molar-refractivity contribution in [2.45, 2.75) is 113 Å². The minimum Gasteiger partial charge on any atom is -0.507 e. The molecule has 2 aromatic heterocycles. The van der Waals surface area contributed by atoms with Crippen LogP contribution in [0.2, 0.25) is 0 Å². The number of unbranched alkanes of at least 4 members (excludes halogenated alkanes) is 3. The number of fused-ring (bicyclic) bond motifs is 1. The van der Waals surface area contributed by atoms with E-state index in [0.717, 1.165) is 11.3 Å². The maximum Gasteiger partial charge on any atom is 0.410 e. The summed E-state index contributed by atoms with van der Waals surface area (Å²) < 4.78 is 15.1. The van der Waals surface area contributed by atoms with Crippen LogP contribution in [-0.4, -0.2) is 24.1 Å². The summed E-state index contributed by atoms with van der Waals surface area (Å²) in [6, 6.07) is 9.97. The molecule has 0 saturated heterocycles. The van der Waals surface area contributed by atoms with Gasteiger partial charge in [-0.3, -0.25) is 10.1 Å². The molecule has 1 unspecified atom stereocenters. The van der Waals surface area contributed by atoms with Gasteiger partial charge in [0.1, 0.15) is 28.4 Å². The van der Waals surface area contributed by atoms with Crippen LogP contribution in [0.3, 0.4) is 0 Å². The number of furan rings is 1. The molecule has 1 atom stereocenters. The number of alkyl carbamates (subject to hydrolysis) is 1. The van der Waals surface area contributed by atoms with E-state index in [0.29, 0.717) is 18.6 Å². The van der Waals surface area contributed by atoms with Gasteiger partial charge >= 0.3 is 11.7 Å². The summed E-state index contributed by atoms with van der Waals surface area (Å²) in [6.07, 6.45) is 10.5. The molecule has 1 aromatic carbocycles. The number of benzene rings is 1. The molecular formula is C35H53NO7. The van der Waals surface area contributed by atoms with E-state index in [2.05, 4.69) is 41.2 Å². The number of hydrogen-bond acceptors (Lipinski definition) is 7. The largest absolute Gasteiger partial charge is 0.507 e. The molecule has 43 heavy (non-hydrogen) atoms. The molecule has 0 aliphatic rings. The van der Waals surface area contributed by atoms with Crippen LogP contribution in [-0.2, 0) is 11.2 Å². The summed E-state index contributed by atoms with van der Waals surface area (Å²) in [5, 5.41) is 13.5. The van der Waals surface area contributed by atoms with Crippen molar-refractivity contribution in [2.75, 3.05) is 7.11 Å². The van der Waals surface area contributed by atoms with Crippen LogP contribution < -0.4 is 10.9 Å². The number of Topliss-reactive ketones (excluding diaryl/α,β-unsaturated/α-hetero) is 1. The first-order valence-electron chi connectivity index (χ1n) is 15.6. The molecule has 0 bridgehead atoms. The van der Waals surface area contributed by atoms with E-state index in [1.54, 1.807) is 13.0 Å². The van der Waals surface area contributed by atoms with Gasteiger partial charge in [0.25, 0.3) is 0 Å². The van der Waals surface area contributed by atoms with Crippen molar-refractivity contribution in [3.05, 3.63) is 75.7 Å². The average molecular weight is 600 g/mol. The number of carbonyl (C=O) groups excluding carboxylic acids is 2. The third kappa shape index (κ3) is 14.3. The van der Waals surface area contributed by atoms with Gasteiger partial charge < -0.3 is 18.7 Å². The highest BCUT2D eigenvalue weighted by atomic mass is 16.5. The van der Waals surface area contributed by atoms with Gasteiger partial charge in [-0.15, -0.1) is 0 Å². The van der Waals surface area contributed by atoms with Gasteiger partial charge in [-0.1, -0.05) is 79.9 Å². The van der Waals surface area contributed by atoms with Crippen LogP contribution in [0.15, 0.2) is 56.2 Å². The Morgan fingerprint density at radius 3 is 2.33 bits per heavy atom. The summed E-state index contributed by atoms with van der Waals surface area (Å²) in [7, 11) is 1.27. The normalized spacial score (nSPS) is 10.9. The Morgan fingerprint density at radius 2 is 1.72 bits per heavy atom. The topological polar surface area (TPSA) is 119 Å². The van der Waals surface area contributed by atoms with E-state index in [4.69, 9.17) is 8.83 Å². The molecule has 1 amide bonds. The lowest BCUT2D eigenvalue weighted by Crippen LogP contribution is -2.16. The average Bonchev–Trinajstić information content (AvgIpc) is 3.40. The van der Waals surface area contributed by atoms with Gasteiger partial charge in [0.05, 0.1) is 7.11 Å². The van der Waals surface area contributed by atoms with Crippen molar-refractivity contribution in [2.24, 2.45) is 0 Å². The fourth-order valence-electron chi connectivity index (χ4n) is 4.07. The number of ketones is 1. The number of allylic oxidation sites excluding steroid dienone is 1. The SMILES string of the molecule is CC.CC.CCC(=O)c1c(O)cc(C(C)CC/C=C/NC(=O)OC)oc1=O.CCCCCCc1ccc2oc(C)cc2c1. The first kappa shape index (κ1) is 39.2. The molecule has 0 saturated carbocycles.